The lowest BCUT2D eigenvalue weighted by atomic mass is 9.88. The normalized spacial score (nSPS) is 23.6. The number of carboxylic acid groups (broad SMARTS) is 1. The van der Waals surface area contributed by atoms with E-state index in [4.69, 9.17) is 14.6 Å². The average Bonchev–Trinajstić information content (AvgIpc) is 2.36. The van der Waals surface area contributed by atoms with Crippen LogP contribution in [0.25, 0.3) is 0 Å². The van der Waals surface area contributed by atoms with Gasteiger partial charge in [-0.1, -0.05) is 0 Å². The minimum absolute atomic E-state index is 0.330. The van der Waals surface area contributed by atoms with Crippen molar-refractivity contribution in [1.29, 1.82) is 0 Å². The highest BCUT2D eigenvalue weighted by molar-refractivity contribution is 5.96. The van der Waals surface area contributed by atoms with Crippen LogP contribution in [0, 0.1) is 11.8 Å². The number of hydrogen-bond acceptors (Lipinski definition) is 5. The van der Waals surface area contributed by atoms with Gasteiger partial charge in [-0.2, -0.15) is 0 Å². The summed E-state index contributed by atoms with van der Waals surface area (Å²) >= 11 is 0. The number of cyclic esters (lactones) is 2. The van der Waals surface area contributed by atoms with Gasteiger partial charge < -0.3 is 19.5 Å². The molecule has 2 fully saturated rings. The molecule has 2 aliphatic heterocycles. The summed E-state index contributed by atoms with van der Waals surface area (Å²) in [6, 6.07) is 0. The second kappa shape index (κ2) is 5.91. The van der Waals surface area contributed by atoms with Crippen molar-refractivity contribution in [2.45, 2.75) is 45.3 Å². The molecular weight excluding hydrogens is 278 g/mol. The van der Waals surface area contributed by atoms with Crippen molar-refractivity contribution in [3.8, 4) is 0 Å². The molecule has 2 aliphatic rings. The monoisotopic (exact) mass is 299 g/mol. The molecule has 0 spiro atoms. The zero-order valence-electron chi connectivity index (χ0n) is 12.3. The second-order valence-corrected chi connectivity index (χ2v) is 6.08. The molecule has 0 atom stereocenters. The van der Waals surface area contributed by atoms with Crippen molar-refractivity contribution in [2.24, 2.45) is 11.8 Å². The van der Waals surface area contributed by atoms with Gasteiger partial charge in [-0.15, -0.1) is 0 Å². The van der Waals surface area contributed by atoms with Gasteiger partial charge >= 0.3 is 18.0 Å². The van der Waals surface area contributed by atoms with Crippen molar-refractivity contribution < 1.29 is 29.0 Å². The number of carbonyl (C=O) groups excluding carboxylic acids is 2. The number of ether oxygens (including phenoxy) is 2. The molecule has 7 heteroatoms. The van der Waals surface area contributed by atoms with Gasteiger partial charge in [0.1, 0.15) is 0 Å². The highest BCUT2D eigenvalue weighted by atomic mass is 16.7. The first kappa shape index (κ1) is 15.6. The third-order valence-corrected chi connectivity index (χ3v) is 4.01. The molecule has 2 heterocycles. The first-order valence-electron chi connectivity index (χ1n) is 7.22. The van der Waals surface area contributed by atoms with Gasteiger partial charge in [-0.05, 0) is 31.6 Å². The zero-order chi connectivity index (χ0) is 15.6. The summed E-state index contributed by atoms with van der Waals surface area (Å²) in [5, 5.41) is 8.88. The number of rotatable bonds is 3. The summed E-state index contributed by atoms with van der Waals surface area (Å²) in [6.45, 7) is 4.07. The first-order valence-corrected chi connectivity index (χ1v) is 7.22. The van der Waals surface area contributed by atoms with Crippen molar-refractivity contribution in [3.63, 3.8) is 0 Å². The van der Waals surface area contributed by atoms with Gasteiger partial charge in [0.25, 0.3) is 5.79 Å². The fraction of sp³-hybridized carbons (Fsp3) is 0.786. The average molecular weight is 299 g/mol. The molecule has 7 nitrogen and oxygen atoms in total. The Kier molecular flexibility index (Phi) is 4.39. The van der Waals surface area contributed by atoms with Crippen molar-refractivity contribution >= 4 is 18.0 Å². The highest BCUT2D eigenvalue weighted by Gasteiger charge is 2.43. The van der Waals surface area contributed by atoms with Crippen molar-refractivity contribution in [2.75, 3.05) is 13.1 Å². The Hall–Kier alpha value is -1.79. The van der Waals surface area contributed by atoms with Gasteiger partial charge in [0.15, 0.2) is 5.92 Å². The van der Waals surface area contributed by atoms with E-state index < -0.39 is 29.7 Å². The summed E-state index contributed by atoms with van der Waals surface area (Å²) in [5.74, 6) is -2.76. The molecule has 0 aromatic carbocycles. The number of amides is 1. The lowest BCUT2D eigenvalue weighted by Crippen LogP contribution is -2.46. The van der Waals surface area contributed by atoms with Crippen LogP contribution in [0.4, 0.5) is 4.79 Å². The minimum Gasteiger partial charge on any atom is -0.465 e. The predicted molar refractivity (Wildman–Crippen MR) is 71.3 cm³/mol. The SMILES string of the molecule is CC1(C)OC(=O)C(CCC2CCN(C(=O)O)CC2)C(=O)O1. The number of likely N-dealkylation sites (tertiary alicyclic amines) is 1. The fourth-order valence-electron chi connectivity index (χ4n) is 2.79. The third-order valence-electron chi connectivity index (χ3n) is 4.01. The number of piperidine rings is 1. The van der Waals surface area contributed by atoms with Crippen LogP contribution in [-0.2, 0) is 19.1 Å². The molecule has 1 N–H and O–H groups in total. The predicted octanol–water partition coefficient (Wildman–Crippen LogP) is 1.61. The second-order valence-electron chi connectivity index (χ2n) is 6.08. The molecule has 0 radical (unpaired) electrons. The third kappa shape index (κ3) is 3.86. The molecule has 0 unspecified atom stereocenters. The van der Waals surface area contributed by atoms with E-state index in [1.807, 2.05) is 0 Å². The number of carbonyl (C=O) groups is 3. The Balaban J connectivity index is 1.80. The van der Waals surface area contributed by atoms with Crippen LogP contribution >= 0.6 is 0 Å². The summed E-state index contributed by atoms with van der Waals surface area (Å²) in [7, 11) is 0. The molecule has 21 heavy (non-hydrogen) atoms. The van der Waals surface area contributed by atoms with E-state index in [1.54, 1.807) is 0 Å². The molecule has 118 valence electrons. The van der Waals surface area contributed by atoms with Gasteiger partial charge in [-0.3, -0.25) is 9.59 Å². The summed E-state index contributed by atoms with van der Waals surface area (Å²) < 4.78 is 10.2. The van der Waals surface area contributed by atoms with E-state index >= 15 is 0 Å². The molecular formula is C14H21NO6. The Morgan fingerprint density at radius 3 is 2.19 bits per heavy atom. The molecule has 0 bridgehead atoms. The number of hydrogen-bond donors (Lipinski definition) is 1. The molecule has 0 saturated carbocycles. The maximum Gasteiger partial charge on any atom is 0.407 e. The van der Waals surface area contributed by atoms with E-state index in [-0.39, 0.29) is 0 Å². The van der Waals surface area contributed by atoms with Crippen LogP contribution in [0.2, 0.25) is 0 Å². The van der Waals surface area contributed by atoms with Gasteiger partial charge in [0.2, 0.25) is 0 Å². The molecule has 1 amide bonds. The molecule has 0 aliphatic carbocycles. The maximum absolute atomic E-state index is 11.8. The Labute approximate surface area is 123 Å². The quantitative estimate of drug-likeness (QED) is 0.628. The zero-order valence-corrected chi connectivity index (χ0v) is 12.3. The van der Waals surface area contributed by atoms with Crippen LogP contribution in [-0.4, -0.2) is 46.9 Å². The minimum atomic E-state index is -1.18. The Morgan fingerprint density at radius 2 is 1.71 bits per heavy atom. The molecule has 2 saturated heterocycles. The van der Waals surface area contributed by atoms with E-state index in [0.717, 1.165) is 12.8 Å². The number of esters is 2. The Morgan fingerprint density at radius 1 is 1.19 bits per heavy atom. The van der Waals surface area contributed by atoms with Crippen LogP contribution in [0.15, 0.2) is 0 Å². The van der Waals surface area contributed by atoms with Crippen LogP contribution in [0.3, 0.4) is 0 Å². The van der Waals surface area contributed by atoms with E-state index in [1.165, 1.54) is 18.7 Å². The highest BCUT2D eigenvalue weighted by Crippen LogP contribution is 2.29. The number of nitrogens with zero attached hydrogens (tertiary/aromatic N) is 1. The molecule has 0 aromatic rings. The first-order chi connectivity index (χ1) is 9.78. The molecule has 0 aromatic heterocycles. The van der Waals surface area contributed by atoms with Gasteiger partial charge in [0.05, 0.1) is 0 Å². The maximum atomic E-state index is 11.8. The van der Waals surface area contributed by atoms with Crippen molar-refractivity contribution in [3.05, 3.63) is 0 Å². The topological polar surface area (TPSA) is 93.1 Å². The van der Waals surface area contributed by atoms with Gasteiger partial charge in [-0.25, -0.2) is 4.79 Å². The Bertz CT molecular complexity index is 419. The fourth-order valence-corrected chi connectivity index (χ4v) is 2.79. The van der Waals surface area contributed by atoms with Crippen LogP contribution in [0.1, 0.15) is 39.5 Å². The molecule has 2 rings (SSSR count). The summed E-state index contributed by atoms with van der Waals surface area (Å²) in [6.07, 6.45) is 1.72. The standard InChI is InChI=1S/C14H21NO6/c1-14(2)20-11(16)10(12(17)21-14)4-3-9-5-7-15(8-6-9)13(18)19/h9-10H,3-8H2,1-2H3,(H,18,19). The largest absolute Gasteiger partial charge is 0.465 e. The lowest BCUT2D eigenvalue weighted by molar-refractivity contribution is -0.240. The van der Waals surface area contributed by atoms with E-state index in [2.05, 4.69) is 0 Å². The van der Waals surface area contributed by atoms with Crippen LogP contribution < -0.4 is 0 Å². The van der Waals surface area contributed by atoms with Crippen LogP contribution in [0.5, 0.6) is 0 Å². The smallest absolute Gasteiger partial charge is 0.407 e. The van der Waals surface area contributed by atoms with E-state index in [9.17, 15) is 14.4 Å². The van der Waals surface area contributed by atoms with E-state index in [0.29, 0.717) is 31.8 Å². The lowest BCUT2D eigenvalue weighted by Gasteiger charge is -2.34. The summed E-state index contributed by atoms with van der Waals surface area (Å²) in [4.78, 5) is 35.9. The van der Waals surface area contributed by atoms with Crippen molar-refractivity contribution in [1.82, 2.24) is 4.90 Å². The summed E-state index contributed by atoms with van der Waals surface area (Å²) in [5.41, 5.74) is 0. The van der Waals surface area contributed by atoms with Gasteiger partial charge in [0, 0.05) is 26.9 Å².